The molecule has 0 spiro atoms. The minimum Gasteiger partial charge on any atom is -0.497 e. The lowest BCUT2D eigenvalue weighted by Gasteiger charge is -2.26. The van der Waals surface area contributed by atoms with Gasteiger partial charge < -0.3 is 9.47 Å². The molecule has 1 atom stereocenters. The van der Waals surface area contributed by atoms with Gasteiger partial charge in [0.25, 0.3) is 0 Å². The first-order valence-electron chi connectivity index (χ1n) is 8.98. The second-order valence-corrected chi connectivity index (χ2v) is 8.33. The number of sulfonamides is 1. The molecule has 1 heterocycles. The summed E-state index contributed by atoms with van der Waals surface area (Å²) in [6, 6.07) is 12.9. The lowest BCUT2D eigenvalue weighted by atomic mass is 10.0. The lowest BCUT2D eigenvalue weighted by Crippen LogP contribution is -2.33. The van der Waals surface area contributed by atoms with Gasteiger partial charge in [0.1, 0.15) is 5.75 Å². The van der Waals surface area contributed by atoms with E-state index in [9.17, 15) is 13.2 Å². The van der Waals surface area contributed by atoms with Gasteiger partial charge in [-0.2, -0.15) is 4.31 Å². The normalized spacial score (nSPS) is 17.2. The number of ether oxygens (including phenoxy) is 2. The first-order valence-corrected chi connectivity index (χ1v) is 10.4. The van der Waals surface area contributed by atoms with Gasteiger partial charge in [0.15, 0.2) is 0 Å². The predicted molar refractivity (Wildman–Crippen MR) is 106 cm³/mol. The van der Waals surface area contributed by atoms with Gasteiger partial charge in [0.05, 0.1) is 30.2 Å². The van der Waals surface area contributed by atoms with E-state index in [1.165, 1.54) is 4.31 Å². The third-order valence-corrected chi connectivity index (χ3v) is 6.49. The van der Waals surface area contributed by atoms with E-state index in [1.807, 2.05) is 6.92 Å². The van der Waals surface area contributed by atoms with Crippen LogP contribution in [-0.2, 0) is 19.6 Å². The molecular formula is C21H23NO5S. The molecule has 0 bridgehead atoms. The third kappa shape index (κ3) is 3.81. The zero-order valence-electron chi connectivity index (χ0n) is 16.1. The van der Waals surface area contributed by atoms with Crippen molar-refractivity contribution in [3.8, 4) is 5.75 Å². The molecule has 0 N–H and O–H groups in total. The van der Waals surface area contributed by atoms with Crippen LogP contribution < -0.4 is 4.74 Å². The van der Waals surface area contributed by atoms with Crippen molar-refractivity contribution < 1.29 is 22.7 Å². The number of esters is 1. The molecular weight excluding hydrogens is 378 g/mol. The maximum Gasteiger partial charge on any atom is 0.335 e. The topological polar surface area (TPSA) is 72.9 Å². The summed E-state index contributed by atoms with van der Waals surface area (Å²) in [6.07, 6.45) is 1.62. The molecule has 0 unspecified atom stereocenters. The van der Waals surface area contributed by atoms with Crippen molar-refractivity contribution in [2.45, 2.75) is 24.8 Å². The standard InChI is InChI=1S/C21H23NO5S/c1-4-27-21(23)19-13-14-22(20(19)16-7-9-17(26-3)10-8-16)28(24,25)18-11-5-15(2)6-12-18/h5-13,20H,4,14H2,1-3H3/t20-/m1/s1. The zero-order chi connectivity index (χ0) is 20.3. The minimum absolute atomic E-state index is 0.0983. The van der Waals surface area contributed by atoms with Gasteiger partial charge in [-0.3, -0.25) is 0 Å². The first-order chi connectivity index (χ1) is 13.4. The molecule has 3 rings (SSSR count). The third-order valence-electron chi connectivity index (χ3n) is 4.64. The summed E-state index contributed by atoms with van der Waals surface area (Å²) in [6.45, 7) is 3.93. The number of carbonyl (C=O) groups is 1. The summed E-state index contributed by atoms with van der Waals surface area (Å²) in [7, 11) is -2.25. The van der Waals surface area contributed by atoms with Crippen LogP contribution in [0.4, 0.5) is 0 Å². The number of aryl methyl sites for hydroxylation is 1. The molecule has 0 radical (unpaired) electrons. The number of methoxy groups -OCH3 is 1. The number of carbonyl (C=O) groups excluding carboxylic acids is 1. The highest BCUT2D eigenvalue weighted by Gasteiger charge is 2.41. The molecule has 1 aliphatic rings. The van der Waals surface area contributed by atoms with Crippen molar-refractivity contribution in [2.75, 3.05) is 20.3 Å². The molecule has 2 aromatic rings. The Bertz CT molecular complexity index is 978. The van der Waals surface area contributed by atoms with Gasteiger partial charge in [-0.15, -0.1) is 0 Å². The van der Waals surface area contributed by atoms with Crippen molar-refractivity contribution in [3.63, 3.8) is 0 Å². The van der Waals surface area contributed by atoms with Crippen molar-refractivity contribution in [1.29, 1.82) is 0 Å². The molecule has 28 heavy (non-hydrogen) atoms. The van der Waals surface area contributed by atoms with Crippen molar-refractivity contribution >= 4 is 16.0 Å². The van der Waals surface area contributed by atoms with Crippen molar-refractivity contribution in [2.24, 2.45) is 0 Å². The predicted octanol–water partition coefficient (Wildman–Crippen LogP) is 3.24. The summed E-state index contributed by atoms with van der Waals surface area (Å²) < 4.78 is 38.2. The van der Waals surface area contributed by atoms with E-state index < -0.39 is 22.0 Å². The maximum absolute atomic E-state index is 13.3. The Balaban J connectivity index is 2.04. The van der Waals surface area contributed by atoms with Crippen LogP contribution in [0.15, 0.2) is 65.1 Å². The molecule has 0 saturated heterocycles. The van der Waals surface area contributed by atoms with Gasteiger partial charge in [-0.05, 0) is 43.7 Å². The van der Waals surface area contributed by atoms with Crippen LogP contribution >= 0.6 is 0 Å². The lowest BCUT2D eigenvalue weighted by molar-refractivity contribution is -0.138. The molecule has 0 aromatic heterocycles. The molecule has 2 aromatic carbocycles. The fraction of sp³-hybridized carbons (Fsp3) is 0.286. The quantitative estimate of drug-likeness (QED) is 0.695. The Morgan fingerprint density at radius 2 is 1.75 bits per heavy atom. The number of nitrogens with zero attached hydrogens (tertiary/aromatic N) is 1. The van der Waals surface area contributed by atoms with Gasteiger partial charge in [-0.1, -0.05) is 35.9 Å². The zero-order valence-corrected chi connectivity index (χ0v) is 16.9. The van der Waals surface area contributed by atoms with Gasteiger partial charge >= 0.3 is 5.97 Å². The van der Waals surface area contributed by atoms with E-state index in [0.29, 0.717) is 16.9 Å². The second kappa shape index (κ2) is 8.16. The number of hydrogen-bond donors (Lipinski definition) is 0. The molecule has 0 amide bonds. The second-order valence-electron chi connectivity index (χ2n) is 6.44. The monoisotopic (exact) mass is 401 g/mol. The number of benzene rings is 2. The highest BCUT2D eigenvalue weighted by Crippen LogP contribution is 2.38. The van der Waals surface area contributed by atoms with E-state index in [4.69, 9.17) is 9.47 Å². The fourth-order valence-corrected chi connectivity index (χ4v) is 4.72. The Kier molecular flexibility index (Phi) is 5.86. The van der Waals surface area contributed by atoms with Gasteiger partial charge in [0, 0.05) is 6.54 Å². The van der Waals surface area contributed by atoms with E-state index >= 15 is 0 Å². The fourth-order valence-electron chi connectivity index (χ4n) is 3.18. The molecule has 0 fully saturated rings. The van der Waals surface area contributed by atoms with Crippen LogP contribution in [0.5, 0.6) is 5.75 Å². The average molecular weight is 401 g/mol. The summed E-state index contributed by atoms with van der Waals surface area (Å²) in [4.78, 5) is 12.7. The summed E-state index contributed by atoms with van der Waals surface area (Å²) in [5, 5.41) is 0. The van der Waals surface area contributed by atoms with Crippen LogP contribution in [0.1, 0.15) is 24.1 Å². The summed E-state index contributed by atoms with van der Waals surface area (Å²) >= 11 is 0. The molecule has 0 saturated carbocycles. The van der Waals surface area contributed by atoms with Crippen LogP contribution in [0, 0.1) is 6.92 Å². The van der Waals surface area contributed by atoms with Gasteiger partial charge in [-0.25, -0.2) is 13.2 Å². The summed E-state index contributed by atoms with van der Waals surface area (Å²) in [5.41, 5.74) is 1.97. The minimum atomic E-state index is -3.81. The summed E-state index contributed by atoms with van der Waals surface area (Å²) in [5.74, 6) is 0.140. The Morgan fingerprint density at radius 1 is 1.11 bits per heavy atom. The molecule has 148 valence electrons. The van der Waals surface area contributed by atoms with Crippen LogP contribution in [0.2, 0.25) is 0 Å². The highest BCUT2D eigenvalue weighted by atomic mass is 32.2. The first kappa shape index (κ1) is 20.1. The number of hydrogen-bond acceptors (Lipinski definition) is 5. The Morgan fingerprint density at radius 3 is 2.32 bits per heavy atom. The molecule has 1 aliphatic heterocycles. The van der Waals surface area contributed by atoms with Crippen LogP contribution in [0.25, 0.3) is 0 Å². The smallest absolute Gasteiger partial charge is 0.335 e. The van der Waals surface area contributed by atoms with E-state index in [1.54, 1.807) is 68.6 Å². The largest absolute Gasteiger partial charge is 0.497 e. The SMILES string of the molecule is CCOC(=O)C1=CCN(S(=O)(=O)c2ccc(C)cc2)[C@@H]1c1ccc(OC)cc1. The van der Waals surface area contributed by atoms with Crippen molar-refractivity contribution in [3.05, 3.63) is 71.3 Å². The number of rotatable bonds is 6. The average Bonchev–Trinajstić information content (AvgIpc) is 3.15. The maximum atomic E-state index is 13.3. The van der Waals surface area contributed by atoms with Gasteiger partial charge in [0.2, 0.25) is 10.0 Å². The van der Waals surface area contributed by atoms with E-state index in [0.717, 1.165) is 5.56 Å². The highest BCUT2D eigenvalue weighted by molar-refractivity contribution is 7.89. The molecule has 7 heteroatoms. The van der Waals surface area contributed by atoms with E-state index in [-0.39, 0.29) is 18.0 Å². The Labute approximate surface area is 165 Å². The van der Waals surface area contributed by atoms with Crippen molar-refractivity contribution in [1.82, 2.24) is 4.31 Å². The molecule has 6 nitrogen and oxygen atoms in total. The Hall–Kier alpha value is -2.64. The molecule has 0 aliphatic carbocycles. The van der Waals surface area contributed by atoms with Crippen LogP contribution in [-0.4, -0.2) is 39.0 Å². The van der Waals surface area contributed by atoms with E-state index in [2.05, 4.69) is 0 Å². The van der Waals surface area contributed by atoms with Crippen LogP contribution in [0.3, 0.4) is 0 Å².